The maximum atomic E-state index is 14.7. The average Bonchev–Trinajstić information content (AvgIpc) is 3.01. The summed E-state index contributed by atoms with van der Waals surface area (Å²) in [6.45, 7) is 1.75. The van der Waals surface area contributed by atoms with Crippen LogP contribution in [0.15, 0.2) is 118 Å². The van der Waals surface area contributed by atoms with Crippen LogP contribution in [0.2, 0.25) is 0 Å². The SMILES string of the molecule is CCOC(=O)[C@@]1(C#N)[C@@H](c2cccc(Br)c2)C[C@](O)(c2ccccc2)[C@H](C(=O)c2ccccc2)[C@@H]1c1cccc(Br)c1. The predicted molar refractivity (Wildman–Crippen MR) is 168 cm³/mol. The van der Waals surface area contributed by atoms with Crippen LogP contribution in [0.4, 0.5) is 0 Å². The molecule has 0 unspecified atom stereocenters. The lowest BCUT2D eigenvalue weighted by atomic mass is 9.47. The first kappa shape index (κ1) is 29.9. The third-order valence-electron chi connectivity index (χ3n) is 8.27. The highest BCUT2D eigenvalue weighted by atomic mass is 79.9. The fraction of sp³-hybridized carbons (Fsp3) is 0.229. The van der Waals surface area contributed by atoms with E-state index in [0.29, 0.717) is 22.3 Å². The maximum Gasteiger partial charge on any atom is 0.327 e. The number of carbonyl (C=O) groups excluding carboxylic acids is 2. The number of ether oxygens (including phenoxy) is 1. The van der Waals surface area contributed by atoms with Crippen molar-refractivity contribution in [3.05, 3.63) is 140 Å². The van der Waals surface area contributed by atoms with Crippen molar-refractivity contribution < 1.29 is 19.4 Å². The zero-order valence-corrected chi connectivity index (χ0v) is 26.1. The van der Waals surface area contributed by atoms with E-state index in [1.54, 1.807) is 55.5 Å². The predicted octanol–water partition coefficient (Wildman–Crippen LogP) is 7.94. The summed E-state index contributed by atoms with van der Waals surface area (Å²) in [5.41, 5.74) is -1.43. The Morgan fingerprint density at radius 1 is 0.881 bits per heavy atom. The highest BCUT2D eigenvalue weighted by Crippen LogP contribution is 2.64. The lowest BCUT2D eigenvalue weighted by Gasteiger charge is -2.54. The van der Waals surface area contributed by atoms with Gasteiger partial charge in [-0.2, -0.15) is 5.26 Å². The van der Waals surface area contributed by atoms with E-state index < -0.39 is 34.7 Å². The second-order valence-electron chi connectivity index (χ2n) is 10.5. The van der Waals surface area contributed by atoms with E-state index in [4.69, 9.17) is 4.74 Å². The van der Waals surface area contributed by atoms with Gasteiger partial charge in [-0.15, -0.1) is 0 Å². The summed E-state index contributed by atoms with van der Waals surface area (Å²) in [5.74, 6) is -4.18. The molecule has 1 saturated carbocycles. The molecule has 0 saturated heterocycles. The summed E-state index contributed by atoms with van der Waals surface area (Å²) in [7, 11) is 0. The number of nitriles is 1. The average molecular weight is 687 g/mol. The van der Waals surface area contributed by atoms with Gasteiger partial charge < -0.3 is 9.84 Å². The van der Waals surface area contributed by atoms with Crippen LogP contribution in [0.3, 0.4) is 0 Å². The zero-order valence-electron chi connectivity index (χ0n) is 22.9. The van der Waals surface area contributed by atoms with E-state index in [2.05, 4.69) is 37.9 Å². The van der Waals surface area contributed by atoms with Crippen LogP contribution in [0.5, 0.6) is 0 Å². The Labute approximate surface area is 262 Å². The lowest BCUT2D eigenvalue weighted by Crippen LogP contribution is -2.59. The number of benzene rings is 4. The molecule has 1 aliphatic rings. The van der Waals surface area contributed by atoms with Crippen molar-refractivity contribution in [1.82, 2.24) is 0 Å². The summed E-state index contributed by atoms with van der Waals surface area (Å²) >= 11 is 7.09. The molecular weight excluding hydrogens is 658 g/mol. The van der Waals surface area contributed by atoms with Crippen molar-refractivity contribution in [2.24, 2.45) is 11.3 Å². The number of esters is 1. The van der Waals surface area contributed by atoms with Crippen LogP contribution in [0.1, 0.15) is 52.2 Å². The van der Waals surface area contributed by atoms with Crippen molar-refractivity contribution in [2.75, 3.05) is 6.61 Å². The van der Waals surface area contributed by atoms with E-state index in [0.717, 1.165) is 8.95 Å². The number of ketones is 1. The molecule has 0 aromatic heterocycles. The highest BCUT2D eigenvalue weighted by molar-refractivity contribution is 9.10. The van der Waals surface area contributed by atoms with Crippen LogP contribution in [-0.4, -0.2) is 23.5 Å². The molecule has 5 nitrogen and oxygen atoms in total. The molecule has 0 heterocycles. The fourth-order valence-electron chi connectivity index (χ4n) is 6.50. The van der Waals surface area contributed by atoms with Crippen LogP contribution in [0, 0.1) is 22.7 Å². The Bertz CT molecular complexity index is 1640. The Hall–Kier alpha value is -3.57. The molecule has 0 aliphatic heterocycles. The quantitative estimate of drug-likeness (QED) is 0.158. The maximum absolute atomic E-state index is 14.7. The summed E-state index contributed by atoms with van der Waals surface area (Å²) in [6, 6.07) is 34.9. The smallest absolute Gasteiger partial charge is 0.327 e. The normalized spacial score (nSPS) is 25.3. The number of hydrogen-bond donors (Lipinski definition) is 1. The van der Waals surface area contributed by atoms with Crippen LogP contribution in [-0.2, 0) is 15.1 Å². The van der Waals surface area contributed by atoms with Gasteiger partial charge in [-0.1, -0.05) is 117 Å². The Balaban J connectivity index is 1.91. The van der Waals surface area contributed by atoms with Crippen LogP contribution in [0.25, 0.3) is 0 Å². The summed E-state index contributed by atoms with van der Waals surface area (Å²) in [4.78, 5) is 29.0. The van der Waals surface area contributed by atoms with Crippen molar-refractivity contribution in [2.45, 2.75) is 30.8 Å². The minimum absolute atomic E-state index is 0.0545. The number of carbonyl (C=O) groups is 2. The minimum Gasteiger partial charge on any atom is -0.465 e. The Morgan fingerprint density at radius 3 is 2.02 bits per heavy atom. The molecule has 1 aliphatic carbocycles. The minimum atomic E-state index is -1.85. The van der Waals surface area contributed by atoms with Crippen molar-refractivity contribution in [3.8, 4) is 6.07 Å². The molecule has 4 aromatic rings. The molecule has 1 fully saturated rings. The summed E-state index contributed by atoms with van der Waals surface area (Å²) < 4.78 is 7.15. The molecule has 1 N–H and O–H groups in total. The van der Waals surface area contributed by atoms with Gasteiger partial charge in [-0.3, -0.25) is 9.59 Å². The van der Waals surface area contributed by atoms with Gasteiger partial charge in [0.25, 0.3) is 0 Å². The van der Waals surface area contributed by atoms with Gasteiger partial charge in [-0.05, 0) is 54.3 Å². The summed E-state index contributed by atoms with van der Waals surface area (Å²) in [5, 5.41) is 24.2. The van der Waals surface area contributed by atoms with Gasteiger partial charge in [0.15, 0.2) is 11.2 Å². The number of rotatable bonds is 7. The Morgan fingerprint density at radius 2 is 1.45 bits per heavy atom. The zero-order chi connectivity index (χ0) is 29.9. The van der Waals surface area contributed by atoms with E-state index in [9.17, 15) is 20.0 Å². The van der Waals surface area contributed by atoms with E-state index >= 15 is 0 Å². The molecule has 0 radical (unpaired) electrons. The number of hydrogen-bond acceptors (Lipinski definition) is 5. The molecular formula is C35H29Br2NO4. The molecule has 0 spiro atoms. The first-order valence-corrected chi connectivity index (χ1v) is 15.3. The molecule has 5 atom stereocenters. The van der Waals surface area contributed by atoms with Crippen LogP contribution < -0.4 is 0 Å². The number of halogens is 2. The number of aliphatic hydroxyl groups is 1. The second-order valence-corrected chi connectivity index (χ2v) is 12.4. The fourth-order valence-corrected chi connectivity index (χ4v) is 7.34. The van der Waals surface area contributed by atoms with E-state index in [1.807, 2.05) is 60.7 Å². The van der Waals surface area contributed by atoms with E-state index in [1.165, 1.54) is 0 Å². The third-order valence-corrected chi connectivity index (χ3v) is 9.26. The topological polar surface area (TPSA) is 87.4 Å². The molecule has 4 aromatic carbocycles. The van der Waals surface area contributed by atoms with Gasteiger partial charge >= 0.3 is 5.97 Å². The second kappa shape index (κ2) is 12.3. The molecule has 0 bridgehead atoms. The highest BCUT2D eigenvalue weighted by Gasteiger charge is 2.67. The molecule has 5 rings (SSSR count). The van der Waals surface area contributed by atoms with E-state index in [-0.39, 0.29) is 18.8 Å². The van der Waals surface area contributed by atoms with Gasteiger partial charge in [0.2, 0.25) is 0 Å². The standard InChI is InChI=1S/C35H29Br2NO4/c1-2-42-33(40)34(22-38)29(24-13-9-17-27(36)19-24)21-35(41,26-15-7-4-8-16-26)31(32(39)23-11-5-3-6-12-23)30(34)25-14-10-18-28(37)20-25/h3-20,29-31,41H,2,21H2,1H3/t29-,30+,31+,34+,35+/m1/s1. The molecule has 7 heteroatoms. The van der Waals surface area contributed by atoms with Gasteiger partial charge in [0.05, 0.1) is 18.6 Å². The van der Waals surface area contributed by atoms with Crippen LogP contribution >= 0.6 is 31.9 Å². The van der Waals surface area contributed by atoms with Crippen molar-refractivity contribution in [3.63, 3.8) is 0 Å². The Kier molecular flexibility index (Phi) is 8.79. The summed E-state index contributed by atoms with van der Waals surface area (Å²) in [6.07, 6.45) is -0.0619. The molecule has 42 heavy (non-hydrogen) atoms. The number of Topliss-reactive ketones (excluding diaryl/α,β-unsaturated/α-hetero) is 1. The van der Waals surface area contributed by atoms with Gasteiger partial charge in [0.1, 0.15) is 5.60 Å². The first-order chi connectivity index (χ1) is 20.3. The van der Waals surface area contributed by atoms with Gasteiger partial charge in [0, 0.05) is 26.3 Å². The number of nitrogens with zero attached hydrogens (tertiary/aromatic N) is 1. The van der Waals surface area contributed by atoms with Gasteiger partial charge in [-0.25, -0.2) is 0 Å². The lowest BCUT2D eigenvalue weighted by molar-refractivity contribution is -0.164. The monoisotopic (exact) mass is 685 g/mol. The van der Waals surface area contributed by atoms with Crippen molar-refractivity contribution >= 4 is 43.6 Å². The molecule has 212 valence electrons. The molecule has 0 amide bonds. The largest absolute Gasteiger partial charge is 0.465 e. The van der Waals surface area contributed by atoms with Crippen molar-refractivity contribution in [1.29, 1.82) is 5.26 Å². The first-order valence-electron chi connectivity index (χ1n) is 13.7. The third kappa shape index (κ3) is 5.24.